The maximum absolute atomic E-state index is 11.5. The van der Waals surface area contributed by atoms with Crippen molar-refractivity contribution in [3.63, 3.8) is 0 Å². The van der Waals surface area contributed by atoms with Gasteiger partial charge in [0, 0.05) is 41.1 Å². The van der Waals surface area contributed by atoms with Crippen molar-refractivity contribution >= 4 is 38.8 Å². The van der Waals surface area contributed by atoms with Gasteiger partial charge in [-0.2, -0.15) is 0 Å². The highest BCUT2D eigenvalue weighted by molar-refractivity contribution is 9.10. The number of aliphatic carboxylic acids is 1. The number of carbonyl (C=O) groups excluding carboxylic acids is 1. The molecule has 0 bridgehead atoms. The summed E-state index contributed by atoms with van der Waals surface area (Å²) < 4.78 is 1.02. The Bertz CT molecular complexity index is 669. The molecule has 2 rings (SSSR count). The standard InChI is InChI=1S/C15H18BrN3O3/c16-11-3-4-13-12(8-11)10(9-19-13)5-7-18-15(22)17-6-1-2-14(20)21/h3-4,8-9,19H,1-2,5-7H2,(H,20,21)(H2,17,18,22). The van der Waals surface area contributed by atoms with Gasteiger partial charge in [0.1, 0.15) is 0 Å². The van der Waals surface area contributed by atoms with Crippen LogP contribution in [0.2, 0.25) is 0 Å². The molecule has 0 radical (unpaired) electrons. The van der Waals surface area contributed by atoms with Crippen molar-refractivity contribution in [2.45, 2.75) is 19.3 Å². The van der Waals surface area contributed by atoms with Crippen molar-refractivity contribution in [1.82, 2.24) is 15.6 Å². The molecule has 6 nitrogen and oxygen atoms in total. The highest BCUT2D eigenvalue weighted by Gasteiger charge is 2.05. The molecule has 0 aliphatic rings. The Kier molecular flexibility index (Phi) is 5.83. The number of hydrogen-bond donors (Lipinski definition) is 4. The molecule has 0 atom stereocenters. The molecule has 1 heterocycles. The van der Waals surface area contributed by atoms with Crippen LogP contribution in [-0.4, -0.2) is 35.2 Å². The lowest BCUT2D eigenvalue weighted by Crippen LogP contribution is -2.37. The summed E-state index contributed by atoms with van der Waals surface area (Å²) in [5, 5.41) is 15.0. The lowest BCUT2D eigenvalue weighted by atomic mass is 10.1. The van der Waals surface area contributed by atoms with E-state index in [0.29, 0.717) is 19.5 Å². The van der Waals surface area contributed by atoms with Crippen LogP contribution in [0.4, 0.5) is 4.79 Å². The van der Waals surface area contributed by atoms with Gasteiger partial charge in [0.2, 0.25) is 0 Å². The Morgan fingerprint density at radius 3 is 2.77 bits per heavy atom. The SMILES string of the molecule is O=C(O)CCCNC(=O)NCCc1c[nH]c2ccc(Br)cc12. The van der Waals surface area contributed by atoms with Gasteiger partial charge in [-0.05, 0) is 36.6 Å². The zero-order chi connectivity index (χ0) is 15.9. The number of carboxylic acids is 1. The highest BCUT2D eigenvalue weighted by Crippen LogP contribution is 2.22. The van der Waals surface area contributed by atoms with Gasteiger partial charge >= 0.3 is 12.0 Å². The summed E-state index contributed by atoms with van der Waals surface area (Å²) in [6.45, 7) is 0.877. The van der Waals surface area contributed by atoms with Crippen LogP contribution < -0.4 is 10.6 Å². The van der Waals surface area contributed by atoms with Crippen LogP contribution in [0.1, 0.15) is 18.4 Å². The van der Waals surface area contributed by atoms with E-state index in [1.54, 1.807) is 0 Å². The summed E-state index contributed by atoms with van der Waals surface area (Å²) in [6.07, 6.45) is 3.16. The second-order valence-corrected chi connectivity index (χ2v) is 5.85. The molecule has 0 saturated heterocycles. The first kappa shape index (κ1) is 16.4. The number of H-pyrrole nitrogens is 1. The normalized spacial score (nSPS) is 10.6. The molecule has 0 spiro atoms. The zero-order valence-corrected chi connectivity index (χ0v) is 13.6. The molecule has 4 N–H and O–H groups in total. The Hall–Kier alpha value is -2.02. The van der Waals surface area contributed by atoms with Gasteiger partial charge in [-0.1, -0.05) is 15.9 Å². The number of hydrogen-bond acceptors (Lipinski definition) is 2. The lowest BCUT2D eigenvalue weighted by molar-refractivity contribution is -0.137. The lowest BCUT2D eigenvalue weighted by Gasteiger charge is -2.06. The Morgan fingerprint density at radius 1 is 1.23 bits per heavy atom. The molecule has 1 aromatic heterocycles. The molecular formula is C15H18BrN3O3. The summed E-state index contributed by atoms with van der Waals surface area (Å²) in [6, 6.07) is 5.76. The Morgan fingerprint density at radius 2 is 2.00 bits per heavy atom. The van der Waals surface area contributed by atoms with Crippen LogP contribution >= 0.6 is 15.9 Å². The van der Waals surface area contributed by atoms with Crippen LogP contribution in [0.5, 0.6) is 0 Å². The van der Waals surface area contributed by atoms with Gasteiger partial charge in [0.15, 0.2) is 0 Å². The van der Waals surface area contributed by atoms with E-state index in [2.05, 4.69) is 31.5 Å². The molecule has 0 fully saturated rings. The van der Waals surface area contributed by atoms with Gasteiger partial charge < -0.3 is 20.7 Å². The average molecular weight is 368 g/mol. The minimum atomic E-state index is -0.854. The van der Waals surface area contributed by atoms with Gasteiger partial charge in [-0.15, -0.1) is 0 Å². The van der Waals surface area contributed by atoms with Crippen LogP contribution in [0.3, 0.4) is 0 Å². The first-order valence-corrected chi connectivity index (χ1v) is 7.84. The fraction of sp³-hybridized carbons (Fsp3) is 0.333. The van der Waals surface area contributed by atoms with Gasteiger partial charge in [-0.25, -0.2) is 4.79 Å². The molecule has 0 aliphatic heterocycles. The van der Waals surface area contributed by atoms with E-state index in [4.69, 9.17) is 5.11 Å². The number of halogens is 1. The third kappa shape index (κ3) is 4.77. The average Bonchev–Trinajstić information content (AvgIpc) is 2.86. The van der Waals surface area contributed by atoms with E-state index in [1.165, 1.54) is 0 Å². The second-order valence-electron chi connectivity index (χ2n) is 4.93. The summed E-state index contributed by atoms with van der Waals surface area (Å²) in [5.41, 5.74) is 2.21. The zero-order valence-electron chi connectivity index (χ0n) is 12.0. The van der Waals surface area contributed by atoms with Crippen molar-refractivity contribution in [3.05, 3.63) is 34.4 Å². The van der Waals surface area contributed by atoms with Crippen LogP contribution in [0.15, 0.2) is 28.9 Å². The Labute approximate surface area is 136 Å². The third-order valence-corrected chi connectivity index (χ3v) is 3.76. The number of nitrogens with one attached hydrogen (secondary N) is 3. The number of aromatic nitrogens is 1. The number of rotatable bonds is 7. The number of aromatic amines is 1. The van der Waals surface area contributed by atoms with Gasteiger partial charge in [0.05, 0.1) is 0 Å². The fourth-order valence-corrected chi connectivity index (χ4v) is 2.53. The van der Waals surface area contributed by atoms with Gasteiger partial charge in [-0.3, -0.25) is 4.79 Å². The first-order chi connectivity index (χ1) is 10.6. The van der Waals surface area contributed by atoms with E-state index < -0.39 is 5.97 Å². The third-order valence-electron chi connectivity index (χ3n) is 3.26. The van der Waals surface area contributed by atoms with Crippen LogP contribution in [0.25, 0.3) is 10.9 Å². The number of amides is 2. The van der Waals surface area contributed by atoms with Crippen molar-refractivity contribution in [1.29, 1.82) is 0 Å². The maximum Gasteiger partial charge on any atom is 0.314 e. The van der Waals surface area contributed by atoms with Crippen molar-refractivity contribution in [2.24, 2.45) is 0 Å². The molecule has 0 unspecified atom stereocenters. The number of benzene rings is 1. The predicted octanol–water partition coefficient (Wildman–Crippen LogP) is 2.64. The first-order valence-electron chi connectivity index (χ1n) is 7.05. The van der Waals surface area contributed by atoms with E-state index in [-0.39, 0.29) is 12.5 Å². The predicted molar refractivity (Wildman–Crippen MR) is 88.0 cm³/mol. The largest absolute Gasteiger partial charge is 0.481 e. The number of carbonyl (C=O) groups is 2. The second kappa shape index (κ2) is 7.84. The van der Waals surface area contributed by atoms with E-state index in [1.807, 2.05) is 24.4 Å². The molecule has 1 aromatic carbocycles. The van der Waals surface area contributed by atoms with Crippen molar-refractivity contribution in [2.75, 3.05) is 13.1 Å². The Balaban J connectivity index is 1.74. The minimum absolute atomic E-state index is 0.0600. The number of carboxylic acid groups (broad SMARTS) is 1. The van der Waals surface area contributed by atoms with Crippen molar-refractivity contribution < 1.29 is 14.7 Å². The summed E-state index contributed by atoms with van der Waals surface area (Å²) in [5.74, 6) is -0.854. The van der Waals surface area contributed by atoms with E-state index >= 15 is 0 Å². The molecule has 118 valence electrons. The van der Waals surface area contributed by atoms with E-state index in [9.17, 15) is 9.59 Å². The molecule has 2 aromatic rings. The van der Waals surface area contributed by atoms with E-state index in [0.717, 1.165) is 27.4 Å². The molecule has 0 aliphatic carbocycles. The number of urea groups is 1. The fourth-order valence-electron chi connectivity index (χ4n) is 2.17. The minimum Gasteiger partial charge on any atom is -0.481 e. The maximum atomic E-state index is 11.5. The molecule has 0 saturated carbocycles. The molecule has 22 heavy (non-hydrogen) atoms. The summed E-state index contributed by atoms with van der Waals surface area (Å²) >= 11 is 3.45. The number of fused-ring (bicyclic) bond motifs is 1. The van der Waals surface area contributed by atoms with Crippen LogP contribution in [-0.2, 0) is 11.2 Å². The molecule has 7 heteroatoms. The van der Waals surface area contributed by atoms with Gasteiger partial charge in [0.25, 0.3) is 0 Å². The molecule has 2 amide bonds. The quantitative estimate of drug-likeness (QED) is 0.566. The summed E-state index contributed by atoms with van der Waals surface area (Å²) in [7, 11) is 0. The monoisotopic (exact) mass is 367 g/mol. The van der Waals surface area contributed by atoms with Crippen molar-refractivity contribution in [3.8, 4) is 0 Å². The molecular weight excluding hydrogens is 350 g/mol. The summed E-state index contributed by atoms with van der Waals surface area (Å²) in [4.78, 5) is 25.1. The smallest absolute Gasteiger partial charge is 0.314 e. The highest BCUT2D eigenvalue weighted by atomic mass is 79.9. The topological polar surface area (TPSA) is 94.2 Å². The van der Waals surface area contributed by atoms with Crippen LogP contribution in [0, 0.1) is 0 Å².